The molecule has 0 saturated carbocycles. The molecule has 0 nitrogen and oxygen atoms in total. The Morgan fingerprint density at radius 3 is 1.83 bits per heavy atom. The number of allylic oxidation sites excluding steroid dienone is 1. The molecule has 2 aromatic carbocycles. The van der Waals surface area contributed by atoms with E-state index < -0.39 is 6.08 Å². The summed E-state index contributed by atoms with van der Waals surface area (Å²) in [5.74, 6) is 0. The normalized spacial score (nSPS) is 10.6. The number of benzene rings is 2. The third-order valence-corrected chi connectivity index (χ3v) is 4.30. The summed E-state index contributed by atoms with van der Waals surface area (Å²) in [4.78, 5) is 0. The predicted molar refractivity (Wildman–Crippen MR) is 98.3 cm³/mol. The van der Waals surface area contributed by atoms with Gasteiger partial charge in [0.05, 0.1) is 0 Å². The van der Waals surface area contributed by atoms with Gasteiger partial charge in [0.1, 0.15) is 0 Å². The molecule has 0 spiro atoms. The van der Waals surface area contributed by atoms with Gasteiger partial charge in [0, 0.05) is 0 Å². The molecule has 0 saturated heterocycles. The summed E-state index contributed by atoms with van der Waals surface area (Å²) in [6, 6.07) is 16.5. The zero-order valence-electron chi connectivity index (χ0n) is 14.4. The van der Waals surface area contributed by atoms with E-state index in [2.05, 4.69) is 31.2 Å². The second kappa shape index (κ2) is 10.0. The predicted octanol–water partition coefficient (Wildman–Crippen LogP) is 7.19. The van der Waals surface area contributed by atoms with Crippen molar-refractivity contribution in [2.45, 2.75) is 51.9 Å². The van der Waals surface area contributed by atoms with E-state index in [0.29, 0.717) is 0 Å². The molecule has 0 bridgehead atoms. The van der Waals surface area contributed by atoms with Gasteiger partial charge in [0.2, 0.25) is 0 Å². The first-order valence-corrected chi connectivity index (χ1v) is 8.88. The SMILES string of the molecule is CCCCCCCc1ccc(-c2ccc(CC=C(F)F)cc2)cc1. The smallest absolute Gasteiger partial charge is 0.174 e. The number of aryl methyl sites for hydroxylation is 1. The second-order valence-corrected chi connectivity index (χ2v) is 6.26. The van der Waals surface area contributed by atoms with Crippen molar-refractivity contribution in [1.82, 2.24) is 0 Å². The standard InChI is InChI=1S/C22H26F2/c1-2-3-4-5-6-7-18-8-13-20(14-9-18)21-15-10-19(11-16-21)12-17-22(23)24/h8-11,13-17H,2-7,12H2,1H3. The summed E-state index contributed by atoms with van der Waals surface area (Å²) in [7, 11) is 0. The lowest BCUT2D eigenvalue weighted by molar-refractivity contribution is 0.418. The minimum Gasteiger partial charge on any atom is -0.174 e. The second-order valence-electron chi connectivity index (χ2n) is 6.26. The summed E-state index contributed by atoms with van der Waals surface area (Å²) in [6.07, 6.45) is 7.27. The molecule has 0 radical (unpaired) electrons. The minimum atomic E-state index is -1.62. The lowest BCUT2D eigenvalue weighted by atomic mass is 9.99. The van der Waals surface area contributed by atoms with E-state index in [-0.39, 0.29) is 6.42 Å². The molecule has 0 fully saturated rings. The van der Waals surface area contributed by atoms with Gasteiger partial charge in [-0.15, -0.1) is 0 Å². The van der Waals surface area contributed by atoms with Crippen LogP contribution in [0.4, 0.5) is 8.78 Å². The number of halogens is 2. The highest BCUT2D eigenvalue weighted by Crippen LogP contribution is 2.21. The summed E-state index contributed by atoms with van der Waals surface area (Å²) < 4.78 is 24.2. The Balaban J connectivity index is 1.89. The van der Waals surface area contributed by atoms with E-state index >= 15 is 0 Å². The molecule has 0 aliphatic heterocycles. The highest BCUT2D eigenvalue weighted by atomic mass is 19.3. The lowest BCUT2D eigenvalue weighted by Crippen LogP contribution is -1.87. The van der Waals surface area contributed by atoms with Crippen LogP contribution in [0, 0.1) is 0 Å². The fourth-order valence-electron chi connectivity index (χ4n) is 2.82. The van der Waals surface area contributed by atoms with E-state index in [1.807, 2.05) is 24.3 Å². The Kier molecular flexibility index (Phi) is 7.67. The van der Waals surface area contributed by atoms with Crippen LogP contribution in [-0.2, 0) is 12.8 Å². The first-order valence-electron chi connectivity index (χ1n) is 8.88. The molecular formula is C22H26F2. The van der Waals surface area contributed by atoms with Gasteiger partial charge in [-0.2, -0.15) is 8.78 Å². The Morgan fingerprint density at radius 2 is 1.29 bits per heavy atom. The van der Waals surface area contributed by atoms with Crippen molar-refractivity contribution in [3.05, 3.63) is 71.8 Å². The maximum absolute atomic E-state index is 12.1. The molecule has 0 aromatic heterocycles. The average Bonchev–Trinajstić information content (AvgIpc) is 2.61. The summed E-state index contributed by atoms with van der Waals surface area (Å²) in [5, 5.41) is 0. The molecule has 0 aliphatic rings. The molecule has 128 valence electrons. The van der Waals surface area contributed by atoms with Crippen LogP contribution in [0.2, 0.25) is 0 Å². The van der Waals surface area contributed by atoms with Gasteiger partial charge in [0.15, 0.2) is 0 Å². The van der Waals surface area contributed by atoms with Gasteiger partial charge < -0.3 is 0 Å². The van der Waals surface area contributed by atoms with Crippen LogP contribution in [0.25, 0.3) is 11.1 Å². The van der Waals surface area contributed by atoms with Crippen LogP contribution < -0.4 is 0 Å². The van der Waals surface area contributed by atoms with Crippen LogP contribution in [0.5, 0.6) is 0 Å². The highest BCUT2D eigenvalue weighted by molar-refractivity contribution is 5.64. The van der Waals surface area contributed by atoms with Gasteiger partial charge in [-0.3, -0.25) is 0 Å². The van der Waals surface area contributed by atoms with Crippen molar-refractivity contribution in [2.75, 3.05) is 0 Å². The Hall–Kier alpha value is -1.96. The molecule has 0 N–H and O–H groups in total. The topological polar surface area (TPSA) is 0 Å². The van der Waals surface area contributed by atoms with E-state index in [4.69, 9.17) is 0 Å². The number of unbranched alkanes of at least 4 members (excludes halogenated alkanes) is 4. The van der Waals surface area contributed by atoms with Crippen LogP contribution in [0.15, 0.2) is 60.7 Å². The number of hydrogen-bond acceptors (Lipinski definition) is 0. The summed E-state index contributed by atoms with van der Waals surface area (Å²) >= 11 is 0. The van der Waals surface area contributed by atoms with Gasteiger partial charge in [-0.25, -0.2) is 0 Å². The Labute approximate surface area is 144 Å². The molecule has 0 atom stereocenters. The van der Waals surface area contributed by atoms with Crippen LogP contribution in [0.1, 0.15) is 50.2 Å². The summed E-state index contributed by atoms with van der Waals surface area (Å²) in [5.41, 5.74) is 4.58. The van der Waals surface area contributed by atoms with Crippen molar-refractivity contribution >= 4 is 0 Å². The number of hydrogen-bond donors (Lipinski definition) is 0. The van der Waals surface area contributed by atoms with E-state index in [0.717, 1.165) is 23.6 Å². The van der Waals surface area contributed by atoms with Crippen LogP contribution in [-0.4, -0.2) is 0 Å². The maximum atomic E-state index is 12.1. The molecule has 2 heteroatoms. The maximum Gasteiger partial charge on any atom is 0.266 e. The van der Waals surface area contributed by atoms with Gasteiger partial charge >= 0.3 is 0 Å². The van der Waals surface area contributed by atoms with Crippen molar-refractivity contribution in [1.29, 1.82) is 0 Å². The Morgan fingerprint density at radius 1 is 0.750 bits per heavy atom. The van der Waals surface area contributed by atoms with E-state index in [9.17, 15) is 8.78 Å². The molecule has 24 heavy (non-hydrogen) atoms. The average molecular weight is 328 g/mol. The third-order valence-electron chi connectivity index (χ3n) is 4.30. The zero-order valence-corrected chi connectivity index (χ0v) is 14.4. The molecule has 2 aromatic rings. The largest absolute Gasteiger partial charge is 0.266 e. The molecular weight excluding hydrogens is 302 g/mol. The van der Waals surface area contributed by atoms with E-state index in [1.165, 1.54) is 43.2 Å². The first-order chi connectivity index (χ1) is 11.7. The molecule has 2 rings (SSSR count). The fraction of sp³-hybridized carbons (Fsp3) is 0.364. The van der Waals surface area contributed by atoms with Gasteiger partial charge in [0.25, 0.3) is 6.08 Å². The molecule has 0 heterocycles. The van der Waals surface area contributed by atoms with Crippen LogP contribution >= 0.6 is 0 Å². The molecule has 0 amide bonds. The number of rotatable bonds is 9. The van der Waals surface area contributed by atoms with Crippen molar-refractivity contribution in [2.24, 2.45) is 0 Å². The highest BCUT2D eigenvalue weighted by Gasteiger charge is 2.00. The molecule has 0 aliphatic carbocycles. The Bertz CT molecular complexity index is 620. The van der Waals surface area contributed by atoms with Crippen molar-refractivity contribution in [3.8, 4) is 11.1 Å². The molecule has 0 unspecified atom stereocenters. The zero-order chi connectivity index (χ0) is 17.2. The van der Waals surface area contributed by atoms with E-state index in [1.54, 1.807) is 0 Å². The minimum absolute atomic E-state index is 0.277. The van der Waals surface area contributed by atoms with Crippen molar-refractivity contribution < 1.29 is 8.78 Å². The van der Waals surface area contributed by atoms with Crippen molar-refractivity contribution in [3.63, 3.8) is 0 Å². The third kappa shape index (κ3) is 6.27. The van der Waals surface area contributed by atoms with Crippen LogP contribution in [0.3, 0.4) is 0 Å². The quantitative estimate of drug-likeness (QED) is 0.427. The first kappa shape index (κ1) is 18.4. The lowest BCUT2D eigenvalue weighted by Gasteiger charge is -2.06. The van der Waals surface area contributed by atoms with Gasteiger partial charge in [-0.1, -0.05) is 81.1 Å². The summed E-state index contributed by atoms with van der Waals surface area (Å²) in [6.45, 7) is 2.24. The monoisotopic (exact) mass is 328 g/mol. The van der Waals surface area contributed by atoms with Gasteiger partial charge in [-0.05, 0) is 47.6 Å². The fourth-order valence-corrected chi connectivity index (χ4v) is 2.82.